The molecule has 1 atom stereocenters. The second kappa shape index (κ2) is 6.86. The molecule has 1 aliphatic heterocycles. The van der Waals surface area contributed by atoms with Gasteiger partial charge in [-0.3, -0.25) is 19.7 Å². The van der Waals surface area contributed by atoms with Crippen molar-refractivity contribution in [1.29, 1.82) is 0 Å². The van der Waals surface area contributed by atoms with Gasteiger partial charge in [-0.15, -0.1) is 11.3 Å². The summed E-state index contributed by atoms with van der Waals surface area (Å²) in [7, 11) is 0. The number of carbonyl (C=O) groups is 2. The Morgan fingerprint density at radius 1 is 1.21 bits per heavy atom. The van der Waals surface area contributed by atoms with Gasteiger partial charge in [0.05, 0.1) is 16.3 Å². The lowest BCUT2D eigenvalue weighted by molar-refractivity contribution is -0.384. The summed E-state index contributed by atoms with van der Waals surface area (Å²) in [5, 5.41) is 19.2. The first-order chi connectivity index (χ1) is 13.4. The predicted molar refractivity (Wildman–Crippen MR) is 105 cm³/mol. The number of fused-ring (bicyclic) bond motifs is 1. The van der Waals surface area contributed by atoms with E-state index in [1.807, 2.05) is 23.6 Å². The van der Waals surface area contributed by atoms with Crippen molar-refractivity contribution in [3.05, 3.63) is 64.0 Å². The van der Waals surface area contributed by atoms with Crippen LogP contribution in [0.2, 0.25) is 0 Å². The van der Waals surface area contributed by atoms with Gasteiger partial charge in [0.1, 0.15) is 5.75 Å². The fourth-order valence-electron chi connectivity index (χ4n) is 2.91. The maximum atomic E-state index is 12.8. The Balaban J connectivity index is 1.53. The number of nitro benzene ring substituents is 1. The molecule has 1 aromatic heterocycles. The Labute approximate surface area is 162 Å². The van der Waals surface area contributed by atoms with Gasteiger partial charge in [0, 0.05) is 16.8 Å². The molecule has 2 aromatic carbocycles. The number of esters is 1. The van der Waals surface area contributed by atoms with E-state index in [2.05, 4.69) is 5.10 Å². The van der Waals surface area contributed by atoms with Crippen molar-refractivity contribution in [1.82, 2.24) is 0 Å². The number of thiophene rings is 1. The average Bonchev–Trinajstić information content (AvgIpc) is 3.25. The molecular formula is C19H13N3O5S. The molecule has 0 saturated heterocycles. The molecule has 8 nitrogen and oxygen atoms in total. The predicted octanol–water partition coefficient (Wildman–Crippen LogP) is 3.75. The number of anilines is 1. The van der Waals surface area contributed by atoms with Crippen LogP contribution in [0.15, 0.2) is 59.0 Å². The first kappa shape index (κ1) is 17.8. The van der Waals surface area contributed by atoms with Crippen molar-refractivity contribution in [2.75, 3.05) is 5.01 Å². The Morgan fingerprint density at radius 3 is 2.68 bits per heavy atom. The lowest BCUT2D eigenvalue weighted by Crippen LogP contribution is -2.35. The number of non-ortho nitro benzene ring substituents is 1. The van der Waals surface area contributed by atoms with Crippen LogP contribution in [0.3, 0.4) is 0 Å². The Hall–Kier alpha value is -3.59. The van der Waals surface area contributed by atoms with E-state index in [1.165, 1.54) is 29.3 Å². The minimum absolute atomic E-state index is 0.120. The normalized spacial score (nSPS) is 16.3. The summed E-state index contributed by atoms with van der Waals surface area (Å²) in [5.41, 5.74) is 0.776. The van der Waals surface area contributed by atoms with E-state index in [4.69, 9.17) is 4.74 Å². The number of rotatable bonds is 4. The molecule has 3 aromatic rings. The summed E-state index contributed by atoms with van der Waals surface area (Å²) < 4.78 is 6.24. The SMILES string of the molecule is CC1=NN(c2ccc3ccsc3c2)C(=O)C1C(=O)Oc1ccc([N+](=O)[O-])cc1. The van der Waals surface area contributed by atoms with Crippen LogP contribution in [0.1, 0.15) is 6.92 Å². The third-order valence-electron chi connectivity index (χ3n) is 4.32. The third kappa shape index (κ3) is 3.12. The standard InChI is InChI=1S/C19H13N3O5S/c1-11-17(19(24)27-15-6-4-13(5-7-15)22(25)26)18(23)21(20-11)14-3-2-12-8-9-28-16(12)10-14/h2-10,17H,1H3. The number of hydrogen-bond acceptors (Lipinski definition) is 7. The topological polar surface area (TPSA) is 102 Å². The fraction of sp³-hybridized carbons (Fsp3) is 0.105. The molecule has 28 heavy (non-hydrogen) atoms. The van der Waals surface area contributed by atoms with Crippen molar-refractivity contribution < 1.29 is 19.2 Å². The number of hydrazone groups is 1. The molecular weight excluding hydrogens is 382 g/mol. The number of nitrogens with zero attached hydrogens (tertiary/aromatic N) is 3. The molecule has 2 heterocycles. The van der Waals surface area contributed by atoms with E-state index in [1.54, 1.807) is 24.3 Å². The molecule has 1 aliphatic rings. The zero-order valence-electron chi connectivity index (χ0n) is 14.6. The van der Waals surface area contributed by atoms with Crippen LogP contribution in [-0.4, -0.2) is 22.5 Å². The van der Waals surface area contributed by atoms with E-state index < -0.39 is 22.7 Å². The van der Waals surface area contributed by atoms with Gasteiger partial charge in [-0.25, -0.2) is 0 Å². The van der Waals surface area contributed by atoms with Gasteiger partial charge >= 0.3 is 5.97 Å². The summed E-state index contributed by atoms with van der Waals surface area (Å²) in [6.07, 6.45) is 0. The number of benzene rings is 2. The largest absolute Gasteiger partial charge is 0.426 e. The highest BCUT2D eigenvalue weighted by molar-refractivity contribution is 7.17. The van der Waals surface area contributed by atoms with E-state index in [-0.39, 0.29) is 11.4 Å². The van der Waals surface area contributed by atoms with E-state index >= 15 is 0 Å². The number of carbonyl (C=O) groups excluding carboxylic acids is 2. The summed E-state index contributed by atoms with van der Waals surface area (Å²) in [4.78, 5) is 35.5. The smallest absolute Gasteiger partial charge is 0.329 e. The second-order valence-electron chi connectivity index (χ2n) is 6.14. The van der Waals surface area contributed by atoms with Crippen LogP contribution in [0.4, 0.5) is 11.4 Å². The summed E-state index contributed by atoms with van der Waals surface area (Å²) in [6, 6.07) is 12.6. The van der Waals surface area contributed by atoms with Crippen LogP contribution in [0, 0.1) is 16.0 Å². The zero-order chi connectivity index (χ0) is 19.8. The van der Waals surface area contributed by atoms with Crippen LogP contribution >= 0.6 is 11.3 Å². The van der Waals surface area contributed by atoms with Crippen LogP contribution in [0.25, 0.3) is 10.1 Å². The molecule has 0 bridgehead atoms. The lowest BCUT2D eigenvalue weighted by Gasteiger charge is -2.14. The molecule has 0 fully saturated rings. The summed E-state index contributed by atoms with van der Waals surface area (Å²) in [6.45, 7) is 1.59. The van der Waals surface area contributed by atoms with Crippen molar-refractivity contribution in [2.45, 2.75) is 6.92 Å². The van der Waals surface area contributed by atoms with Crippen LogP contribution < -0.4 is 9.75 Å². The highest BCUT2D eigenvalue weighted by Crippen LogP contribution is 2.30. The van der Waals surface area contributed by atoms with Gasteiger partial charge in [-0.2, -0.15) is 10.1 Å². The zero-order valence-corrected chi connectivity index (χ0v) is 15.4. The van der Waals surface area contributed by atoms with Gasteiger partial charge in [0.15, 0.2) is 5.92 Å². The molecule has 140 valence electrons. The summed E-state index contributed by atoms with van der Waals surface area (Å²) in [5.74, 6) is -2.32. The minimum atomic E-state index is -1.16. The van der Waals surface area contributed by atoms with Gasteiger partial charge in [0.25, 0.3) is 11.6 Å². The molecule has 0 spiro atoms. The van der Waals surface area contributed by atoms with Crippen molar-refractivity contribution in [3.63, 3.8) is 0 Å². The molecule has 1 unspecified atom stereocenters. The van der Waals surface area contributed by atoms with Gasteiger partial charge in [-0.05, 0) is 48.0 Å². The highest BCUT2D eigenvalue weighted by atomic mass is 32.1. The van der Waals surface area contributed by atoms with Crippen LogP contribution in [-0.2, 0) is 9.59 Å². The molecule has 9 heteroatoms. The number of amides is 1. The second-order valence-corrected chi connectivity index (χ2v) is 7.09. The summed E-state index contributed by atoms with van der Waals surface area (Å²) >= 11 is 1.55. The van der Waals surface area contributed by atoms with E-state index in [0.717, 1.165) is 10.1 Å². The van der Waals surface area contributed by atoms with E-state index in [9.17, 15) is 19.7 Å². The van der Waals surface area contributed by atoms with Crippen LogP contribution in [0.5, 0.6) is 5.75 Å². The molecule has 1 amide bonds. The molecule has 0 N–H and O–H groups in total. The first-order valence-corrected chi connectivity index (χ1v) is 9.14. The van der Waals surface area contributed by atoms with E-state index in [0.29, 0.717) is 11.4 Å². The fourth-order valence-corrected chi connectivity index (χ4v) is 3.73. The Morgan fingerprint density at radius 2 is 1.96 bits per heavy atom. The molecule has 4 rings (SSSR count). The molecule has 0 radical (unpaired) electrons. The third-order valence-corrected chi connectivity index (χ3v) is 5.20. The van der Waals surface area contributed by atoms with Crippen molar-refractivity contribution in [3.8, 4) is 5.75 Å². The Bertz CT molecular complexity index is 1140. The number of ether oxygens (including phenoxy) is 1. The van der Waals surface area contributed by atoms with Crippen molar-refractivity contribution in [2.24, 2.45) is 11.0 Å². The number of hydrogen-bond donors (Lipinski definition) is 0. The monoisotopic (exact) mass is 395 g/mol. The maximum absolute atomic E-state index is 12.8. The Kier molecular flexibility index (Phi) is 4.36. The first-order valence-electron chi connectivity index (χ1n) is 8.26. The average molecular weight is 395 g/mol. The van der Waals surface area contributed by atoms with Gasteiger partial charge < -0.3 is 4.74 Å². The maximum Gasteiger partial charge on any atom is 0.329 e. The molecule has 0 aliphatic carbocycles. The highest BCUT2D eigenvalue weighted by Gasteiger charge is 2.41. The van der Waals surface area contributed by atoms with Crippen molar-refractivity contribution >= 4 is 50.4 Å². The number of nitro groups is 1. The minimum Gasteiger partial charge on any atom is -0.426 e. The van der Waals surface area contributed by atoms with Gasteiger partial charge in [-0.1, -0.05) is 6.07 Å². The van der Waals surface area contributed by atoms with Gasteiger partial charge in [0.2, 0.25) is 0 Å². The quantitative estimate of drug-likeness (QED) is 0.220. The molecule has 0 saturated carbocycles. The lowest BCUT2D eigenvalue weighted by atomic mass is 10.1.